The second-order valence-electron chi connectivity index (χ2n) is 6.27. The molecular formula is C14H26O6S2. The first kappa shape index (κ1) is 21.2. The van der Waals surface area contributed by atoms with Gasteiger partial charge in [-0.3, -0.25) is 0 Å². The van der Waals surface area contributed by atoms with E-state index in [0.717, 1.165) is 0 Å². The molecule has 0 N–H and O–H groups in total. The van der Waals surface area contributed by atoms with Crippen LogP contribution in [0.15, 0.2) is 0 Å². The summed E-state index contributed by atoms with van der Waals surface area (Å²) in [5.74, 6) is 1.27. The lowest BCUT2D eigenvalue weighted by atomic mass is 10.2. The second kappa shape index (κ2) is 10.1. The summed E-state index contributed by atoms with van der Waals surface area (Å²) >= 11 is 0. The van der Waals surface area contributed by atoms with E-state index in [2.05, 4.69) is 0 Å². The van der Waals surface area contributed by atoms with Crippen LogP contribution in [0.5, 0.6) is 0 Å². The van der Waals surface area contributed by atoms with Gasteiger partial charge in [-0.05, 0) is 41.5 Å². The number of carbonyl (C=O) groups excluding carboxylic acids is 2. The van der Waals surface area contributed by atoms with Gasteiger partial charge in [0.1, 0.15) is 24.4 Å². The van der Waals surface area contributed by atoms with E-state index in [-0.39, 0.29) is 13.2 Å². The molecule has 0 saturated carbocycles. The van der Waals surface area contributed by atoms with Gasteiger partial charge in [0.2, 0.25) is 0 Å². The maximum absolute atomic E-state index is 11.3. The first-order valence-electron chi connectivity index (χ1n) is 6.95. The molecule has 0 atom stereocenters. The molecule has 0 unspecified atom stereocenters. The Morgan fingerprint density at radius 3 is 1.32 bits per heavy atom. The Morgan fingerprint density at radius 1 is 0.727 bits per heavy atom. The van der Waals surface area contributed by atoms with Crippen molar-refractivity contribution in [2.24, 2.45) is 0 Å². The number of rotatable bonds is 7. The monoisotopic (exact) mass is 354 g/mol. The van der Waals surface area contributed by atoms with Crippen LogP contribution in [0, 0.1) is 0 Å². The van der Waals surface area contributed by atoms with Gasteiger partial charge in [0.25, 0.3) is 0 Å². The largest absolute Gasteiger partial charge is 0.508 e. The average molecular weight is 354 g/mol. The van der Waals surface area contributed by atoms with E-state index in [1.807, 2.05) is 0 Å². The van der Waals surface area contributed by atoms with Crippen LogP contribution in [0.2, 0.25) is 0 Å². The van der Waals surface area contributed by atoms with Gasteiger partial charge < -0.3 is 18.9 Å². The molecular weight excluding hydrogens is 328 g/mol. The zero-order valence-corrected chi connectivity index (χ0v) is 15.7. The topological polar surface area (TPSA) is 71.1 Å². The zero-order valence-electron chi connectivity index (χ0n) is 14.1. The van der Waals surface area contributed by atoms with Gasteiger partial charge in [-0.25, -0.2) is 9.59 Å². The Kier molecular flexibility index (Phi) is 9.75. The van der Waals surface area contributed by atoms with Crippen molar-refractivity contribution in [3.63, 3.8) is 0 Å². The lowest BCUT2D eigenvalue weighted by Crippen LogP contribution is -2.25. The van der Waals surface area contributed by atoms with E-state index < -0.39 is 23.5 Å². The summed E-state index contributed by atoms with van der Waals surface area (Å²) in [6.07, 6.45) is -1.32. The lowest BCUT2D eigenvalue weighted by molar-refractivity contribution is -0.00579. The molecule has 0 amide bonds. The molecule has 22 heavy (non-hydrogen) atoms. The lowest BCUT2D eigenvalue weighted by Gasteiger charge is -2.18. The molecule has 0 radical (unpaired) electrons. The molecule has 8 heteroatoms. The molecule has 6 nitrogen and oxygen atoms in total. The molecule has 0 aromatic rings. The van der Waals surface area contributed by atoms with Crippen molar-refractivity contribution >= 4 is 33.9 Å². The normalized spacial score (nSPS) is 11.7. The fourth-order valence-electron chi connectivity index (χ4n) is 0.995. The minimum Gasteiger partial charge on any atom is -0.433 e. The van der Waals surface area contributed by atoms with Crippen molar-refractivity contribution in [2.75, 3.05) is 24.7 Å². The maximum Gasteiger partial charge on any atom is 0.508 e. The molecule has 0 fully saturated rings. The minimum atomic E-state index is -0.661. The molecule has 130 valence electrons. The van der Waals surface area contributed by atoms with Crippen LogP contribution in [-0.2, 0) is 18.9 Å². The Balaban J connectivity index is 3.45. The standard InChI is InChI=1S/C14H26O6S2/c1-13(2,3)19-11(15)17-7-9-21-22-10-8-18-12(16)20-14(4,5)6/h7-10H2,1-6H3. The van der Waals surface area contributed by atoms with Gasteiger partial charge in [0, 0.05) is 11.5 Å². The van der Waals surface area contributed by atoms with E-state index >= 15 is 0 Å². The van der Waals surface area contributed by atoms with E-state index in [9.17, 15) is 9.59 Å². The van der Waals surface area contributed by atoms with Crippen molar-refractivity contribution in [2.45, 2.75) is 52.7 Å². The molecule has 0 bridgehead atoms. The highest BCUT2D eigenvalue weighted by molar-refractivity contribution is 8.76. The third-order valence-corrected chi connectivity index (χ3v) is 3.97. The third kappa shape index (κ3) is 15.6. The summed E-state index contributed by atoms with van der Waals surface area (Å²) in [7, 11) is 3.06. The predicted molar refractivity (Wildman–Crippen MR) is 89.3 cm³/mol. The number of hydrogen-bond acceptors (Lipinski definition) is 8. The van der Waals surface area contributed by atoms with Crippen LogP contribution in [0.1, 0.15) is 41.5 Å². The van der Waals surface area contributed by atoms with E-state index in [4.69, 9.17) is 18.9 Å². The van der Waals surface area contributed by atoms with Gasteiger partial charge in [-0.2, -0.15) is 0 Å². The van der Waals surface area contributed by atoms with Gasteiger partial charge in [-0.1, -0.05) is 21.6 Å². The van der Waals surface area contributed by atoms with Crippen molar-refractivity contribution in [3.8, 4) is 0 Å². The van der Waals surface area contributed by atoms with Crippen molar-refractivity contribution in [3.05, 3.63) is 0 Å². The highest BCUT2D eigenvalue weighted by Crippen LogP contribution is 2.20. The Labute approximate surface area is 140 Å². The second-order valence-corrected chi connectivity index (χ2v) is 8.97. The quantitative estimate of drug-likeness (QED) is 0.381. The molecule has 0 aliphatic carbocycles. The average Bonchev–Trinajstić information content (AvgIpc) is 2.27. The highest BCUT2D eigenvalue weighted by Gasteiger charge is 2.18. The van der Waals surface area contributed by atoms with Crippen LogP contribution in [0.3, 0.4) is 0 Å². The van der Waals surface area contributed by atoms with Crippen LogP contribution in [0.4, 0.5) is 9.59 Å². The molecule has 0 aromatic carbocycles. The van der Waals surface area contributed by atoms with Crippen LogP contribution < -0.4 is 0 Å². The Hall–Kier alpha value is -0.760. The zero-order chi connectivity index (χ0) is 17.2. The van der Waals surface area contributed by atoms with Crippen LogP contribution in [0.25, 0.3) is 0 Å². The molecule has 0 aromatic heterocycles. The van der Waals surface area contributed by atoms with Gasteiger partial charge in [0.15, 0.2) is 0 Å². The fourth-order valence-corrected chi connectivity index (χ4v) is 2.65. The van der Waals surface area contributed by atoms with E-state index in [1.165, 1.54) is 21.6 Å². The minimum absolute atomic E-state index is 0.277. The Morgan fingerprint density at radius 2 is 1.05 bits per heavy atom. The van der Waals surface area contributed by atoms with Crippen LogP contribution in [-0.4, -0.2) is 48.2 Å². The summed E-state index contributed by atoms with van der Waals surface area (Å²) in [5.41, 5.74) is -1.09. The van der Waals surface area contributed by atoms with Crippen molar-refractivity contribution in [1.82, 2.24) is 0 Å². The van der Waals surface area contributed by atoms with Crippen molar-refractivity contribution < 1.29 is 28.5 Å². The summed E-state index contributed by atoms with van der Waals surface area (Å²) in [4.78, 5) is 22.5. The molecule has 0 saturated heterocycles. The van der Waals surface area contributed by atoms with Crippen LogP contribution >= 0.6 is 21.6 Å². The Bertz CT molecular complexity index is 312. The maximum atomic E-state index is 11.3. The molecule has 0 aliphatic rings. The van der Waals surface area contributed by atoms with E-state index in [1.54, 1.807) is 41.5 Å². The number of carbonyl (C=O) groups is 2. The van der Waals surface area contributed by atoms with Gasteiger partial charge in [-0.15, -0.1) is 0 Å². The SMILES string of the molecule is CC(C)(C)OC(=O)OCCSSCCOC(=O)OC(C)(C)C. The molecule has 0 aliphatic heterocycles. The predicted octanol–water partition coefficient (Wildman–Crippen LogP) is 4.27. The smallest absolute Gasteiger partial charge is 0.433 e. The summed E-state index contributed by atoms with van der Waals surface area (Å²) < 4.78 is 19.8. The first-order chi connectivity index (χ1) is 9.99. The van der Waals surface area contributed by atoms with Crippen molar-refractivity contribution in [1.29, 1.82) is 0 Å². The fraction of sp³-hybridized carbons (Fsp3) is 0.857. The third-order valence-electron chi connectivity index (χ3n) is 1.64. The molecule has 0 rings (SSSR count). The number of ether oxygens (including phenoxy) is 4. The van der Waals surface area contributed by atoms with Gasteiger partial charge in [0.05, 0.1) is 0 Å². The number of hydrogen-bond donors (Lipinski definition) is 0. The summed E-state index contributed by atoms with van der Waals surface area (Å²) in [5, 5.41) is 0. The highest BCUT2D eigenvalue weighted by atomic mass is 33.1. The first-order valence-corrected chi connectivity index (χ1v) is 9.44. The summed E-state index contributed by atoms with van der Waals surface area (Å²) in [6, 6.07) is 0. The summed E-state index contributed by atoms with van der Waals surface area (Å²) in [6.45, 7) is 11.2. The van der Waals surface area contributed by atoms with E-state index in [0.29, 0.717) is 11.5 Å². The molecule has 0 heterocycles. The molecule has 0 spiro atoms. The van der Waals surface area contributed by atoms with Gasteiger partial charge >= 0.3 is 12.3 Å².